The molecule has 0 bridgehead atoms. The molecule has 0 atom stereocenters. The second-order valence-corrected chi connectivity index (χ2v) is 8.29. The van der Waals surface area contributed by atoms with Crippen LogP contribution in [0.5, 0.6) is 0 Å². The molecule has 27 heavy (non-hydrogen) atoms. The Balaban J connectivity index is 1.76. The summed E-state index contributed by atoms with van der Waals surface area (Å²) >= 11 is 2.92. The minimum atomic E-state index is -0.370. The summed E-state index contributed by atoms with van der Waals surface area (Å²) in [6.07, 6.45) is 1.55. The summed E-state index contributed by atoms with van der Waals surface area (Å²) in [6, 6.07) is 6.79. The van der Waals surface area contributed by atoms with Crippen LogP contribution in [0.2, 0.25) is 0 Å². The van der Waals surface area contributed by atoms with Crippen molar-refractivity contribution in [1.82, 2.24) is 14.9 Å². The highest BCUT2D eigenvalue weighted by Crippen LogP contribution is 2.34. The maximum atomic E-state index is 12.4. The SMILES string of the molecule is CC(=O)NCc1ccc(-c2nc(NC(=O)c3ccn(C)c(=O)c3)sc2C)s1. The number of nitrogens with zero attached hydrogens (tertiary/aromatic N) is 2. The van der Waals surface area contributed by atoms with E-state index in [0.29, 0.717) is 17.2 Å². The van der Waals surface area contributed by atoms with Gasteiger partial charge in [-0.3, -0.25) is 19.7 Å². The van der Waals surface area contributed by atoms with E-state index < -0.39 is 0 Å². The lowest BCUT2D eigenvalue weighted by Crippen LogP contribution is -2.19. The molecule has 0 fully saturated rings. The van der Waals surface area contributed by atoms with E-state index in [1.807, 2.05) is 19.1 Å². The molecule has 0 aliphatic heterocycles. The number of anilines is 1. The first kappa shape index (κ1) is 19.0. The minimum absolute atomic E-state index is 0.0736. The number of hydrogen-bond donors (Lipinski definition) is 2. The number of aromatic nitrogens is 2. The van der Waals surface area contributed by atoms with Gasteiger partial charge in [0.15, 0.2) is 5.13 Å². The molecule has 3 aromatic heterocycles. The number of carbonyl (C=O) groups excluding carboxylic acids is 2. The lowest BCUT2D eigenvalue weighted by atomic mass is 10.2. The Bertz CT molecular complexity index is 1060. The van der Waals surface area contributed by atoms with E-state index in [-0.39, 0.29) is 17.4 Å². The number of aryl methyl sites for hydroxylation is 2. The fraction of sp³-hybridized carbons (Fsp3) is 0.222. The number of carbonyl (C=O) groups is 2. The van der Waals surface area contributed by atoms with Crippen molar-refractivity contribution in [1.29, 1.82) is 0 Å². The van der Waals surface area contributed by atoms with Gasteiger partial charge in [-0.05, 0) is 25.1 Å². The van der Waals surface area contributed by atoms with Crippen LogP contribution in [0.4, 0.5) is 5.13 Å². The Morgan fingerprint density at radius 3 is 2.70 bits per heavy atom. The van der Waals surface area contributed by atoms with Crippen LogP contribution in [-0.4, -0.2) is 21.4 Å². The van der Waals surface area contributed by atoms with Crippen LogP contribution in [0.3, 0.4) is 0 Å². The first-order valence-corrected chi connectivity index (χ1v) is 9.76. The average molecular weight is 403 g/mol. The van der Waals surface area contributed by atoms with Crippen molar-refractivity contribution in [2.45, 2.75) is 20.4 Å². The van der Waals surface area contributed by atoms with Gasteiger partial charge in [0, 0.05) is 41.6 Å². The van der Waals surface area contributed by atoms with Crippen molar-refractivity contribution in [3.8, 4) is 10.6 Å². The first-order chi connectivity index (χ1) is 12.8. The van der Waals surface area contributed by atoms with Crippen LogP contribution in [0.25, 0.3) is 10.6 Å². The molecule has 0 aromatic carbocycles. The van der Waals surface area contributed by atoms with E-state index in [9.17, 15) is 14.4 Å². The van der Waals surface area contributed by atoms with Gasteiger partial charge >= 0.3 is 0 Å². The maximum Gasteiger partial charge on any atom is 0.257 e. The van der Waals surface area contributed by atoms with Gasteiger partial charge in [-0.15, -0.1) is 22.7 Å². The Kier molecular flexibility index (Phi) is 5.52. The third-order valence-corrected chi connectivity index (χ3v) is 5.77. The van der Waals surface area contributed by atoms with Crippen molar-refractivity contribution >= 4 is 39.6 Å². The van der Waals surface area contributed by atoms with Crippen molar-refractivity contribution in [2.75, 3.05) is 5.32 Å². The quantitative estimate of drug-likeness (QED) is 0.686. The standard InChI is InChI=1S/C18H18N4O3S2/c1-10-16(14-5-4-13(27-14)9-19-11(2)23)20-18(26-10)21-17(25)12-6-7-22(3)15(24)8-12/h4-8H,9H2,1-3H3,(H,19,23)(H,20,21,25). The van der Waals surface area contributed by atoms with Gasteiger partial charge in [-0.25, -0.2) is 4.98 Å². The van der Waals surface area contributed by atoms with Gasteiger partial charge < -0.3 is 9.88 Å². The topological polar surface area (TPSA) is 93.1 Å². The Morgan fingerprint density at radius 2 is 2.00 bits per heavy atom. The zero-order valence-electron chi connectivity index (χ0n) is 15.0. The van der Waals surface area contributed by atoms with E-state index >= 15 is 0 Å². The van der Waals surface area contributed by atoms with E-state index in [1.54, 1.807) is 30.6 Å². The van der Waals surface area contributed by atoms with Gasteiger partial charge in [-0.1, -0.05) is 0 Å². The summed E-state index contributed by atoms with van der Waals surface area (Å²) in [7, 11) is 1.63. The molecule has 2 N–H and O–H groups in total. The molecule has 0 saturated carbocycles. The average Bonchev–Trinajstić information content (AvgIpc) is 3.21. The van der Waals surface area contributed by atoms with Gasteiger partial charge in [0.1, 0.15) is 0 Å². The van der Waals surface area contributed by atoms with E-state index in [2.05, 4.69) is 15.6 Å². The lowest BCUT2D eigenvalue weighted by Gasteiger charge is -2.02. The Morgan fingerprint density at radius 1 is 1.22 bits per heavy atom. The van der Waals surface area contributed by atoms with E-state index in [4.69, 9.17) is 0 Å². The third-order valence-electron chi connectivity index (χ3n) is 3.79. The summed E-state index contributed by atoms with van der Waals surface area (Å²) in [5, 5.41) is 6.00. The summed E-state index contributed by atoms with van der Waals surface area (Å²) in [6.45, 7) is 3.90. The van der Waals surface area contributed by atoms with Crippen LogP contribution < -0.4 is 16.2 Å². The first-order valence-electron chi connectivity index (χ1n) is 8.12. The predicted molar refractivity (Wildman–Crippen MR) is 107 cm³/mol. The monoisotopic (exact) mass is 402 g/mol. The zero-order chi connectivity index (χ0) is 19.6. The zero-order valence-corrected chi connectivity index (χ0v) is 16.7. The molecule has 0 aliphatic rings. The second kappa shape index (κ2) is 7.85. The van der Waals surface area contributed by atoms with Crippen molar-refractivity contribution < 1.29 is 9.59 Å². The highest BCUT2D eigenvalue weighted by molar-refractivity contribution is 7.18. The van der Waals surface area contributed by atoms with Crippen molar-refractivity contribution in [3.05, 3.63) is 56.1 Å². The fourth-order valence-corrected chi connectivity index (χ4v) is 4.23. The van der Waals surface area contributed by atoms with E-state index in [0.717, 1.165) is 20.3 Å². The highest BCUT2D eigenvalue weighted by Gasteiger charge is 2.15. The maximum absolute atomic E-state index is 12.4. The molecule has 0 spiro atoms. The van der Waals surface area contributed by atoms with Crippen LogP contribution in [0.15, 0.2) is 35.3 Å². The van der Waals surface area contributed by atoms with Crippen LogP contribution in [-0.2, 0) is 18.4 Å². The molecule has 140 valence electrons. The largest absolute Gasteiger partial charge is 0.351 e. The molecule has 3 aromatic rings. The smallest absolute Gasteiger partial charge is 0.257 e. The Labute approximate surface area is 163 Å². The second-order valence-electron chi connectivity index (χ2n) is 5.92. The van der Waals surface area contributed by atoms with Gasteiger partial charge in [0.2, 0.25) is 5.91 Å². The Hall–Kier alpha value is -2.78. The third kappa shape index (κ3) is 4.50. The van der Waals surface area contributed by atoms with Crippen molar-refractivity contribution in [2.24, 2.45) is 7.05 Å². The lowest BCUT2D eigenvalue weighted by molar-refractivity contribution is -0.119. The van der Waals surface area contributed by atoms with Gasteiger partial charge in [-0.2, -0.15) is 0 Å². The highest BCUT2D eigenvalue weighted by atomic mass is 32.1. The van der Waals surface area contributed by atoms with Crippen LogP contribution in [0, 0.1) is 6.92 Å². The number of rotatable bonds is 5. The molecule has 3 heterocycles. The number of amides is 2. The number of thiophene rings is 1. The number of nitrogens with one attached hydrogen (secondary N) is 2. The van der Waals surface area contributed by atoms with Gasteiger partial charge in [0.25, 0.3) is 11.5 Å². The molecule has 0 radical (unpaired) electrons. The number of hydrogen-bond acceptors (Lipinski definition) is 6. The molecule has 0 unspecified atom stereocenters. The van der Waals surface area contributed by atoms with Crippen LogP contribution in [0.1, 0.15) is 27.0 Å². The molecular formula is C18H18N4O3S2. The molecule has 9 heteroatoms. The number of thiazole rings is 1. The molecule has 0 aliphatic carbocycles. The van der Waals surface area contributed by atoms with Gasteiger partial charge in [0.05, 0.1) is 17.1 Å². The summed E-state index contributed by atoms with van der Waals surface area (Å²) < 4.78 is 1.40. The minimum Gasteiger partial charge on any atom is -0.351 e. The fourth-order valence-electron chi connectivity index (χ4n) is 2.35. The number of pyridine rings is 1. The molecule has 2 amide bonds. The summed E-state index contributed by atoms with van der Waals surface area (Å²) in [5.74, 6) is -0.443. The molecular weight excluding hydrogens is 384 g/mol. The normalized spacial score (nSPS) is 10.6. The van der Waals surface area contributed by atoms with E-state index in [1.165, 1.54) is 28.9 Å². The van der Waals surface area contributed by atoms with Crippen LogP contribution >= 0.6 is 22.7 Å². The molecule has 7 nitrogen and oxygen atoms in total. The summed E-state index contributed by atoms with van der Waals surface area (Å²) in [5.41, 5.74) is 0.850. The predicted octanol–water partition coefficient (Wildman–Crippen LogP) is 2.77. The summed E-state index contributed by atoms with van der Waals surface area (Å²) in [4.78, 5) is 42.6. The molecule has 0 saturated heterocycles. The van der Waals surface area contributed by atoms with Crippen molar-refractivity contribution in [3.63, 3.8) is 0 Å². The molecule has 3 rings (SSSR count).